The van der Waals surface area contributed by atoms with E-state index in [1.807, 2.05) is 41.3 Å². The van der Waals surface area contributed by atoms with E-state index >= 15 is 0 Å². The van der Waals surface area contributed by atoms with Crippen molar-refractivity contribution in [3.63, 3.8) is 0 Å². The Bertz CT molecular complexity index is 1170. The molecule has 10 heteroatoms. The fraction of sp³-hybridized carbons (Fsp3) is 0.500. The molecule has 2 aromatic rings. The highest BCUT2D eigenvalue weighted by molar-refractivity contribution is 5.98. The number of epoxide rings is 1. The second kappa shape index (κ2) is 13.7. The number of benzene rings is 1. The van der Waals surface area contributed by atoms with E-state index in [4.69, 9.17) is 9.47 Å². The van der Waals surface area contributed by atoms with E-state index in [0.29, 0.717) is 45.0 Å². The number of carbonyl (C=O) groups is 4. The van der Waals surface area contributed by atoms with E-state index in [1.165, 1.54) is 0 Å². The lowest BCUT2D eigenvalue weighted by Gasteiger charge is -2.26. The smallest absolute Gasteiger partial charge is 0.234 e. The Morgan fingerprint density at radius 1 is 1.00 bits per heavy atom. The normalized spacial score (nSPS) is 21.1. The van der Waals surface area contributed by atoms with Crippen molar-refractivity contribution >= 4 is 23.4 Å². The molecule has 4 atom stereocenters. The molecule has 0 saturated carbocycles. The van der Waals surface area contributed by atoms with Crippen LogP contribution in [-0.2, 0) is 41.5 Å². The van der Waals surface area contributed by atoms with Crippen LogP contribution in [0.3, 0.4) is 0 Å². The average molecular weight is 551 g/mol. The lowest BCUT2D eigenvalue weighted by atomic mass is 9.91. The maximum atomic E-state index is 13.7. The van der Waals surface area contributed by atoms with Gasteiger partial charge in [-0.15, -0.1) is 0 Å². The van der Waals surface area contributed by atoms with Crippen LogP contribution in [-0.4, -0.2) is 90.4 Å². The molecule has 2 N–H and O–H groups in total. The van der Waals surface area contributed by atoms with Crippen LogP contribution >= 0.6 is 0 Å². The number of nitrogens with one attached hydrogen (secondary N) is 2. The fourth-order valence-corrected chi connectivity index (χ4v) is 4.75. The first-order chi connectivity index (χ1) is 19.2. The van der Waals surface area contributed by atoms with Crippen molar-refractivity contribution in [1.82, 2.24) is 20.5 Å². The molecule has 0 spiro atoms. The third kappa shape index (κ3) is 8.51. The molecule has 0 bridgehead atoms. The molecule has 0 radical (unpaired) electrons. The molecule has 2 fully saturated rings. The number of nitrogens with zero attached hydrogens (tertiary/aromatic N) is 2. The minimum atomic E-state index is -0.918. The van der Waals surface area contributed by atoms with Gasteiger partial charge in [0.25, 0.3) is 0 Å². The van der Waals surface area contributed by atoms with Gasteiger partial charge in [-0.05, 0) is 38.0 Å². The number of ketones is 2. The molecule has 2 aliphatic heterocycles. The van der Waals surface area contributed by atoms with Gasteiger partial charge in [0.1, 0.15) is 5.60 Å². The van der Waals surface area contributed by atoms with Gasteiger partial charge < -0.3 is 20.1 Å². The zero-order valence-corrected chi connectivity index (χ0v) is 23.1. The van der Waals surface area contributed by atoms with Crippen molar-refractivity contribution in [2.75, 3.05) is 39.5 Å². The van der Waals surface area contributed by atoms with Gasteiger partial charge in [0.05, 0.1) is 44.4 Å². The van der Waals surface area contributed by atoms with Crippen molar-refractivity contribution in [3.05, 3.63) is 66.0 Å². The standard InChI is InChI=1S/C30H38N4O6/c1-21(32-27(36)19-34-12-14-39-15-13-34)26(35)18-23(17-24-10-6-7-11-31-24)29(38)33-25(28(37)30(2)20-40-30)16-22-8-4-3-5-9-22/h3-11,21,23,25H,12-20H2,1-2H3,(H,32,36)(H,33,38)/t21-,23+,25-,30?/m0/s1. The molecule has 2 amide bonds. The lowest BCUT2D eigenvalue weighted by molar-refractivity contribution is -0.134. The number of hydrogen-bond acceptors (Lipinski definition) is 8. The van der Waals surface area contributed by atoms with Crippen LogP contribution in [0, 0.1) is 5.92 Å². The number of hydrogen-bond donors (Lipinski definition) is 2. The van der Waals surface area contributed by atoms with Gasteiger partial charge in [0.2, 0.25) is 11.8 Å². The highest BCUT2D eigenvalue weighted by Gasteiger charge is 2.50. The topological polar surface area (TPSA) is 130 Å². The largest absolute Gasteiger partial charge is 0.379 e. The van der Waals surface area contributed by atoms with Crippen molar-refractivity contribution in [2.45, 2.75) is 50.8 Å². The van der Waals surface area contributed by atoms with E-state index in [1.54, 1.807) is 32.2 Å². The van der Waals surface area contributed by atoms with Gasteiger partial charge in [-0.25, -0.2) is 0 Å². The second-order valence-electron chi connectivity index (χ2n) is 10.7. The summed E-state index contributed by atoms with van der Waals surface area (Å²) >= 11 is 0. The summed E-state index contributed by atoms with van der Waals surface area (Å²) in [7, 11) is 0. The zero-order chi connectivity index (χ0) is 28.5. The summed E-state index contributed by atoms with van der Waals surface area (Å²) in [6.45, 7) is 6.31. The SMILES string of the molecule is C[C@H](NC(=O)CN1CCOCC1)C(=O)C[C@@H](Cc1ccccn1)C(=O)N[C@@H](Cc1ccccc1)C(=O)C1(C)CO1. The van der Waals surface area contributed by atoms with Crippen LogP contribution < -0.4 is 10.6 Å². The molecule has 1 unspecified atom stereocenters. The van der Waals surface area contributed by atoms with Crippen molar-refractivity contribution in [3.8, 4) is 0 Å². The Balaban J connectivity index is 1.44. The third-order valence-electron chi connectivity index (χ3n) is 7.35. The molecule has 10 nitrogen and oxygen atoms in total. The first kappa shape index (κ1) is 29.5. The van der Waals surface area contributed by atoms with Crippen molar-refractivity contribution in [1.29, 1.82) is 0 Å². The highest BCUT2D eigenvalue weighted by atomic mass is 16.6. The molecule has 3 heterocycles. The lowest BCUT2D eigenvalue weighted by Crippen LogP contribution is -2.50. The van der Waals surface area contributed by atoms with Gasteiger partial charge in [0, 0.05) is 37.8 Å². The molecule has 214 valence electrons. The zero-order valence-electron chi connectivity index (χ0n) is 23.1. The number of carbonyl (C=O) groups excluding carboxylic acids is 4. The molecule has 1 aromatic carbocycles. The van der Waals surface area contributed by atoms with Crippen LogP contribution in [0.15, 0.2) is 54.7 Å². The number of morpholine rings is 1. The Morgan fingerprint density at radius 2 is 1.70 bits per heavy atom. The predicted octanol–water partition coefficient (Wildman–Crippen LogP) is 1.12. The molecule has 4 rings (SSSR count). The summed E-state index contributed by atoms with van der Waals surface area (Å²) in [5.41, 5.74) is 0.639. The number of Topliss-reactive ketones (excluding diaryl/α,β-unsaturated/α-hetero) is 2. The maximum absolute atomic E-state index is 13.7. The minimum Gasteiger partial charge on any atom is -0.379 e. The van der Waals surface area contributed by atoms with E-state index in [0.717, 1.165) is 5.56 Å². The number of rotatable bonds is 14. The monoisotopic (exact) mass is 550 g/mol. The highest BCUT2D eigenvalue weighted by Crippen LogP contribution is 2.29. The van der Waals surface area contributed by atoms with Crippen LogP contribution in [0.1, 0.15) is 31.5 Å². The van der Waals surface area contributed by atoms with Crippen LogP contribution in [0.4, 0.5) is 0 Å². The Labute approximate surface area is 234 Å². The quantitative estimate of drug-likeness (QED) is 0.335. The number of pyridine rings is 1. The Hall–Kier alpha value is -3.47. The van der Waals surface area contributed by atoms with E-state index in [9.17, 15) is 19.2 Å². The van der Waals surface area contributed by atoms with Crippen LogP contribution in [0.2, 0.25) is 0 Å². The molecule has 0 aliphatic carbocycles. The minimum absolute atomic E-state index is 0.110. The third-order valence-corrected chi connectivity index (χ3v) is 7.35. The van der Waals surface area contributed by atoms with E-state index in [2.05, 4.69) is 15.6 Å². The predicted molar refractivity (Wildman–Crippen MR) is 147 cm³/mol. The van der Waals surface area contributed by atoms with Crippen LogP contribution in [0.25, 0.3) is 0 Å². The van der Waals surface area contributed by atoms with Crippen molar-refractivity contribution in [2.24, 2.45) is 5.92 Å². The molecule has 2 saturated heterocycles. The molecule has 1 aromatic heterocycles. The summed E-state index contributed by atoms with van der Waals surface area (Å²) in [5.74, 6) is -1.91. The molecule has 40 heavy (non-hydrogen) atoms. The molecular formula is C30H38N4O6. The fourth-order valence-electron chi connectivity index (χ4n) is 4.75. The van der Waals surface area contributed by atoms with Gasteiger partial charge in [-0.1, -0.05) is 36.4 Å². The van der Waals surface area contributed by atoms with E-state index in [-0.39, 0.29) is 36.9 Å². The Kier molecular flexibility index (Phi) is 10.1. The number of amides is 2. The van der Waals surface area contributed by atoms with Gasteiger partial charge in [0.15, 0.2) is 11.6 Å². The first-order valence-corrected chi connectivity index (χ1v) is 13.8. The van der Waals surface area contributed by atoms with Crippen LogP contribution in [0.5, 0.6) is 0 Å². The van der Waals surface area contributed by atoms with Gasteiger partial charge in [-0.2, -0.15) is 0 Å². The summed E-state index contributed by atoms with van der Waals surface area (Å²) < 4.78 is 10.7. The van der Waals surface area contributed by atoms with Crippen molar-refractivity contribution < 1.29 is 28.7 Å². The molecular weight excluding hydrogens is 512 g/mol. The van der Waals surface area contributed by atoms with E-state index < -0.39 is 29.5 Å². The van der Waals surface area contributed by atoms with Gasteiger partial charge in [-0.3, -0.25) is 29.1 Å². The maximum Gasteiger partial charge on any atom is 0.234 e. The summed E-state index contributed by atoms with van der Waals surface area (Å²) in [5, 5.41) is 5.68. The Morgan fingerprint density at radius 3 is 2.35 bits per heavy atom. The second-order valence-corrected chi connectivity index (χ2v) is 10.7. The molecule has 2 aliphatic rings. The first-order valence-electron chi connectivity index (χ1n) is 13.8. The number of ether oxygens (including phenoxy) is 2. The summed E-state index contributed by atoms with van der Waals surface area (Å²) in [6.07, 6.45) is 2.05. The van der Waals surface area contributed by atoms with Gasteiger partial charge >= 0.3 is 0 Å². The number of aromatic nitrogens is 1. The summed E-state index contributed by atoms with van der Waals surface area (Å²) in [6, 6.07) is 13.3. The summed E-state index contributed by atoms with van der Waals surface area (Å²) in [4.78, 5) is 59.0. The average Bonchev–Trinajstić information content (AvgIpc) is 3.71.